The summed E-state index contributed by atoms with van der Waals surface area (Å²) in [6.45, 7) is 0. The molecule has 0 unspecified atom stereocenters. The van der Waals surface area contributed by atoms with Gasteiger partial charge in [0.05, 0.1) is 22.2 Å². The van der Waals surface area contributed by atoms with Gasteiger partial charge in [0.15, 0.2) is 0 Å². The van der Waals surface area contributed by atoms with Crippen molar-refractivity contribution in [2.24, 2.45) is 0 Å². The van der Waals surface area contributed by atoms with E-state index < -0.39 is 17.6 Å². The Morgan fingerprint density at radius 3 is 2.52 bits per heavy atom. The molecule has 3 N–H and O–H groups in total. The minimum atomic E-state index is -4.45. The van der Waals surface area contributed by atoms with Gasteiger partial charge in [-0.25, -0.2) is 9.37 Å². The van der Waals surface area contributed by atoms with Gasteiger partial charge in [0.1, 0.15) is 11.6 Å². The summed E-state index contributed by atoms with van der Waals surface area (Å²) in [6.07, 6.45) is -4.45. The van der Waals surface area contributed by atoms with Gasteiger partial charge in [-0.05, 0) is 30.3 Å². The molecule has 0 radical (unpaired) electrons. The van der Waals surface area contributed by atoms with Crippen molar-refractivity contribution in [3.8, 4) is 11.4 Å². The van der Waals surface area contributed by atoms with Crippen molar-refractivity contribution in [3.05, 3.63) is 47.8 Å². The lowest BCUT2D eigenvalue weighted by atomic mass is 10.1. The van der Waals surface area contributed by atoms with Crippen LogP contribution in [0.15, 0.2) is 36.4 Å². The summed E-state index contributed by atoms with van der Waals surface area (Å²) < 4.78 is 51.8. The van der Waals surface area contributed by atoms with Crippen molar-refractivity contribution in [1.29, 1.82) is 0 Å². The molecule has 0 spiro atoms. The number of benzene rings is 2. The quantitative estimate of drug-likeness (QED) is 0.527. The molecule has 21 heavy (non-hydrogen) atoms. The van der Waals surface area contributed by atoms with Crippen molar-refractivity contribution < 1.29 is 17.6 Å². The van der Waals surface area contributed by atoms with Crippen LogP contribution in [-0.4, -0.2) is 9.97 Å². The number of hydrogen-bond acceptors (Lipinski definition) is 2. The molecule has 3 rings (SSSR count). The predicted octanol–water partition coefficient (Wildman–Crippen LogP) is 3.97. The van der Waals surface area contributed by atoms with E-state index in [9.17, 15) is 17.6 Å². The monoisotopic (exact) mass is 295 g/mol. The Labute approximate surface area is 116 Å². The van der Waals surface area contributed by atoms with E-state index in [1.165, 1.54) is 24.3 Å². The second-order valence-corrected chi connectivity index (χ2v) is 4.52. The van der Waals surface area contributed by atoms with E-state index in [2.05, 4.69) is 9.97 Å². The molecule has 0 aliphatic carbocycles. The summed E-state index contributed by atoms with van der Waals surface area (Å²) in [5.74, 6) is -0.495. The number of hydrogen-bond donors (Lipinski definition) is 2. The fourth-order valence-corrected chi connectivity index (χ4v) is 2.09. The summed E-state index contributed by atoms with van der Waals surface area (Å²) >= 11 is 0. The Hall–Kier alpha value is -2.57. The number of aromatic nitrogens is 2. The van der Waals surface area contributed by atoms with Crippen molar-refractivity contribution in [3.63, 3.8) is 0 Å². The lowest BCUT2D eigenvalue weighted by molar-refractivity contribution is -0.137. The molecular weight excluding hydrogens is 286 g/mol. The second-order valence-electron chi connectivity index (χ2n) is 4.52. The first kappa shape index (κ1) is 13.4. The van der Waals surface area contributed by atoms with E-state index in [1.54, 1.807) is 0 Å². The molecule has 0 bridgehead atoms. The molecule has 0 aliphatic heterocycles. The number of fused-ring (bicyclic) bond motifs is 1. The first-order valence-corrected chi connectivity index (χ1v) is 5.97. The van der Waals surface area contributed by atoms with E-state index >= 15 is 0 Å². The molecular formula is C14H9F4N3. The van der Waals surface area contributed by atoms with Gasteiger partial charge in [-0.3, -0.25) is 0 Å². The third kappa shape index (κ3) is 2.31. The fourth-order valence-electron chi connectivity index (χ4n) is 2.09. The number of nitrogens with zero attached hydrogens (tertiary/aromatic N) is 1. The zero-order chi connectivity index (χ0) is 15.2. The van der Waals surface area contributed by atoms with Gasteiger partial charge < -0.3 is 10.7 Å². The average molecular weight is 295 g/mol. The SMILES string of the molecule is Nc1cccc(F)c1-c1nc2ccc(C(F)(F)F)cc2[nH]1. The molecule has 1 aromatic heterocycles. The summed E-state index contributed by atoms with van der Waals surface area (Å²) in [6, 6.07) is 7.24. The molecule has 0 amide bonds. The maximum absolute atomic E-state index is 13.8. The van der Waals surface area contributed by atoms with Crippen LogP contribution >= 0.6 is 0 Å². The fraction of sp³-hybridized carbons (Fsp3) is 0.0714. The predicted molar refractivity (Wildman–Crippen MR) is 70.9 cm³/mol. The number of nitrogens with two attached hydrogens (primary N) is 1. The smallest absolute Gasteiger partial charge is 0.398 e. The standard InChI is InChI=1S/C14H9F4N3/c15-8-2-1-3-9(19)12(8)13-20-10-5-4-7(14(16,17)18)6-11(10)21-13/h1-6H,19H2,(H,20,21). The molecule has 108 valence electrons. The maximum Gasteiger partial charge on any atom is 0.416 e. The molecule has 0 saturated carbocycles. The van der Waals surface area contributed by atoms with Crippen LogP contribution in [0.2, 0.25) is 0 Å². The van der Waals surface area contributed by atoms with Crippen LogP contribution in [0.5, 0.6) is 0 Å². The number of H-pyrrole nitrogens is 1. The van der Waals surface area contributed by atoms with Crippen LogP contribution in [0.4, 0.5) is 23.2 Å². The molecule has 0 fully saturated rings. The highest BCUT2D eigenvalue weighted by Crippen LogP contribution is 2.33. The van der Waals surface area contributed by atoms with E-state index in [1.807, 2.05) is 0 Å². The summed E-state index contributed by atoms with van der Waals surface area (Å²) in [7, 11) is 0. The normalized spacial score (nSPS) is 12.0. The number of anilines is 1. The highest BCUT2D eigenvalue weighted by molar-refractivity contribution is 5.83. The van der Waals surface area contributed by atoms with Crippen molar-refractivity contribution in [2.45, 2.75) is 6.18 Å². The Balaban J connectivity index is 2.18. The van der Waals surface area contributed by atoms with Gasteiger partial charge in [0.2, 0.25) is 0 Å². The molecule has 7 heteroatoms. The van der Waals surface area contributed by atoms with Crippen LogP contribution in [-0.2, 0) is 6.18 Å². The van der Waals surface area contributed by atoms with Crippen LogP contribution in [0.25, 0.3) is 22.4 Å². The number of imidazole rings is 1. The third-order valence-electron chi connectivity index (χ3n) is 3.09. The van der Waals surface area contributed by atoms with Gasteiger partial charge in [-0.1, -0.05) is 6.07 Å². The lowest BCUT2D eigenvalue weighted by Crippen LogP contribution is -2.04. The van der Waals surface area contributed by atoms with Gasteiger partial charge in [-0.15, -0.1) is 0 Å². The molecule has 3 aromatic rings. The van der Waals surface area contributed by atoms with Crippen LogP contribution in [0.3, 0.4) is 0 Å². The van der Waals surface area contributed by atoms with Crippen LogP contribution in [0, 0.1) is 5.82 Å². The largest absolute Gasteiger partial charge is 0.416 e. The molecule has 0 aliphatic rings. The molecule has 1 heterocycles. The highest BCUT2D eigenvalue weighted by Gasteiger charge is 2.30. The van der Waals surface area contributed by atoms with Gasteiger partial charge >= 0.3 is 6.18 Å². The highest BCUT2D eigenvalue weighted by atomic mass is 19.4. The first-order chi connectivity index (χ1) is 9.86. The first-order valence-electron chi connectivity index (χ1n) is 5.97. The summed E-state index contributed by atoms with van der Waals surface area (Å²) in [5.41, 5.74) is 5.57. The molecule has 0 atom stereocenters. The number of nitrogen functional groups attached to an aromatic ring is 1. The Morgan fingerprint density at radius 2 is 1.86 bits per heavy atom. The van der Waals surface area contributed by atoms with Crippen molar-refractivity contribution >= 4 is 16.7 Å². The number of nitrogens with one attached hydrogen (secondary N) is 1. The third-order valence-corrected chi connectivity index (χ3v) is 3.09. The number of rotatable bonds is 1. The van der Waals surface area contributed by atoms with Gasteiger partial charge in [0, 0.05) is 5.69 Å². The van der Waals surface area contributed by atoms with E-state index in [-0.39, 0.29) is 22.6 Å². The minimum Gasteiger partial charge on any atom is -0.398 e. The average Bonchev–Trinajstić information content (AvgIpc) is 2.79. The molecule has 2 aromatic carbocycles. The molecule has 0 saturated heterocycles. The van der Waals surface area contributed by atoms with E-state index in [0.29, 0.717) is 5.52 Å². The van der Waals surface area contributed by atoms with Gasteiger partial charge in [0.25, 0.3) is 0 Å². The zero-order valence-corrected chi connectivity index (χ0v) is 10.5. The van der Waals surface area contributed by atoms with Gasteiger partial charge in [-0.2, -0.15) is 13.2 Å². The zero-order valence-electron chi connectivity index (χ0n) is 10.5. The second kappa shape index (κ2) is 4.47. The number of alkyl halides is 3. The minimum absolute atomic E-state index is 0.0438. The van der Waals surface area contributed by atoms with E-state index in [0.717, 1.165) is 12.1 Å². The maximum atomic E-state index is 13.8. The Morgan fingerprint density at radius 1 is 1.10 bits per heavy atom. The summed E-state index contributed by atoms with van der Waals surface area (Å²) in [4.78, 5) is 6.76. The Kier molecular flexibility index (Phi) is 2.86. The van der Waals surface area contributed by atoms with E-state index in [4.69, 9.17) is 5.73 Å². The van der Waals surface area contributed by atoms with Crippen molar-refractivity contribution in [2.75, 3.05) is 5.73 Å². The molecule has 3 nitrogen and oxygen atoms in total. The van der Waals surface area contributed by atoms with Crippen molar-refractivity contribution in [1.82, 2.24) is 9.97 Å². The topological polar surface area (TPSA) is 54.7 Å². The lowest BCUT2D eigenvalue weighted by Gasteiger charge is -2.05. The number of halogens is 4. The Bertz CT molecular complexity index is 800. The summed E-state index contributed by atoms with van der Waals surface area (Å²) in [5, 5.41) is 0. The van der Waals surface area contributed by atoms with Crippen LogP contribution in [0.1, 0.15) is 5.56 Å². The number of aromatic amines is 1. The van der Waals surface area contributed by atoms with Crippen LogP contribution < -0.4 is 5.73 Å².